The Balaban J connectivity index is 3.03. The van der Waals surface area contributed by atoms with Crippen LogP contribution in [0, 0.1) is 5.82 Å². The SMILES string of the molecule is COc1cc(S(=O)(=O)CCC(=O)O)ccc1F. The zero-order valence-corrected chi connectivity index (χ0v) is 9.83. The molecule has 17 heavy (non-hydrogen) atoms. The molecule has 0 aromatic heterocycles. The molecule has 0 aliphatic carbocycles. The lowest BCUT2D eigenvalue weighted by Crippen LogP contribution is -2.11. The van der Waals surface area contributed by atoms with Gasteiger partial charge in [0, 0.05) is 6.07 Å². The zero-order valence-electron chi connectivity index (χ0n) is 9.01. The van der Waals surface area contributed by atoms with Crippen LogP contribution in [-0.2, 0) is 14.6 Å². The molecule has 0 amide bonds. The van der Waals surface area contributed by atoms with Gasteiger partial charge in [-0.05, 0) is 12.1 Å². The molecule has 0 heterocycles. The van der Waals surface area contributed by atoms with Crippen LogP contribution < -0.4 is 4.74 Å². The molecule has 0 spiro atoms. The van der Waals surface area contributed by atoms with Crippen molar-refractivity contribution in [3.05, 3.63) is 24.0 Å². The third-order valence-electron chi connectivity index (χ3n) is 2.07. The summed E-state index contributed by atoms with van der Waals surface area (Å²) < 4.78 is 41.1. The van der Waals surface area contributed by atoms with E-state index in [9.17, 15) is 17.6 Å². The highest BCUT2D eigenvalue weighted by molar-refractivity contribution is 7.91. The molecule has 0 bridgehead atoms. The topological polar surface area (TPSA) is 80.7 Å². The van der Waals surface area contributed by atoms with Gasteiger partial charge in [-0.25, -0.2) is 12.8 Å². The molecular weight excluding hydrogens is 251 g/mol. The van der Waals surface area contributed by atoms with Gasteiger partial charge in [0.25, 0.3) is 0 Å². The van der Waals surface area contributed by atoms with Gasteiger partial charge in [0.2, 0.25) is 0 Å². The molecule has 0 atom stereocenters. The summed E-state index contributed by atoms with van der Waals surface area (Å²) in [6.07, 6.45) is -0.498. The molecule has 0 aliphatic rings. The molecule has 1 aromatic carbocycles. The first-order valence-corrected chi connectivity index (χ1v) is 6.30. The van der Waals surface area contributed by atoms with Crippen LogP contribution >= 0.6 is 0 Å². The highest BCUT2D eigenvalue weighted by atomic mass is 32.2. The van der Waals surface area contributed by atoms with Gasteiger partial charge < -0.3 is 9.84 Å². The van der Waals surface area contributed by atoms with E-state index < -0.39 is 33.8 Å². The molecule has 1 aromatic rings. The number of carboxylic acids is 1. The van der Waals surface area contributed by atoms with Crippen LogP contribution in [0.5, 0.6) is 5.75 Å². The van der Waals surface area contributed by atoms with Crippen molar-refractivity contribution in [1.29, 1.82) is 0 Å². The molecule has 7 heteroatoms. The lowest BCUT2D eigenvalue weighted by atomic mass is 10.3. The minimum absolute atomic E-state index is 0.156. The standard InChI is InChI=1S/C10H11FO5S/c1-16-9-6-7(2-3-8(9)11)17(14,15)5-4-10(12)13/h2-3,6H,4-5H2,1H3,(H,12,13). The molecular formula is C10H11FO5S. The molecule has 0 fully saturated rings. The van der Waals surface area contributed by atoms with Crippen LogP contribution in [0.4, 0.5) is 4.39 Å². The molecule has 1 rings (SSSR count). The minimum Gasteiger partial charge on any atom is -0.494 e. The fourth-order valence-corrected chi connectivity index (χ4v) is 2.41. The fourth-order valence-electron chi connectivity index (χ4n) is 1.17. The molecule has 0 aliphatic heterocycles. The van der Waals surface area contributed by atoms with E-state index in [-0.39, 0.29) is 10.6 Å². The van der Waals surface area contributed by atoms with Crippen LogP contribution in [0.3, 0.4) is 0 Å². The van der Waals surface area contributed by atoms with Crippen molar-refractivity contribution in [2.45, 2.75) is 11.3 Å². The average molecular weight is 262 g/mol. The predicted octanol–water partition coefficient (Wildman–Crippen LogP) is 1.08. The normalized spacial score (nSPS) is 11.2. The van der Waals surface area contributed by atoms with Gasteiger partial charge >= 0.3 is 5.97 Å². The van der Waals surface area contributed by atoms with Gasteiger partial charge in [0.15, 0.2) is 21.4 Å². The largest absolute Gasteiger partial charge is 0.494 e. The maximum absolute atomic E-state index is 13.1. The Bertz CT molecular complexity index is 523. The Morgan fingerprint density at radius 1 is 1.47 bits per heavy atom. The third-order valence-corrected chi connectivity index (χ3v) is 3.78. The maximum Gasteiger partial charge on any atom is 0.304 e. The van der Waals surface area contributed by atoms with E-state index in [4.69, 9.17) is 5.11 Å². The van der Waals surface area contributed by atoms with Crippen molar-refractivity contribution in [2.24, 2.45) is 0 Å². The summed E-state index contributed by atoms with van der Waals surface area (Å²) in [7, 11) is -2.52. The number of rotatable bonds is 5. The number of carbonyl (C=O) groups is 1. The van der Waals surface area contributed by atoms with Crippen molar-refractivity contribution in [2.75, 3.05) is 12.9 Å². The number of sulfone groups is 1. The Labute approximate surface area is 97.8 Å². The van der Waals surface area contributed by atoms with Gasteiger partial charge in [-0.1, -0.05) is 0 Å². The molecule has 1 N–H and O–H groups in total. The van der Waals surface area contributed by atoms with Crippen molar-refractivity contribution in [3.8, 4) is 5.75 Å². The Morgan fingerprint density at radius 2 is 2.12 bits per heavy atom. The first-order valence-electron chi connectivity index (χ1n) is 4.65. The van der Waals surface area contributed by atoms with E-state index in [1.165, 1.54) is 7.11 Å². The van der Waals surface area contributed by atoms with E-state index in [0.29, 0.717) is 0 Å². The van der Waals surface area contributed by atoms with E-state index in [1.807, 2.05) is 0 Å². The van der Waals surface area contributed by atoms with Gasteiger partial charge in [-0.3, -0.25) is 4.79 Å². The second-order valence-electron chi connectivity index (χ2n) is 3.26. The van der Waals surface area contributed by atoms with Crippen LogP contribution in [0.1, 0.15) is 6.42 Å². The van der Waals surface area contributed by atoms with Crippen molar-refractivity contribution in [3.63, 3.8) is 0 Å². The van der Waals surface area contributed by atoms with Crippen LogP contribution in [-0.4, -0.2) is 32.4 Å². The van der Waals surface area contributed by atoms with Crippen LogP contribution in [0.15, 0.2) is 23.1 Å². The summed E-state index contributed by atoms with van der Waals surface area (Å²) in [4.78, 5) is 10.1. The summed E-state index contributed by atoms with van der Waals surface area (Å²) >= 11 is 0. The van der Waals surface area contributed by atoms with Gasteiger partial charge in [0.1, 0.15) is 0 Å². The van der Waals surface area contributed by atoms with Crippen molar-refractivity contribution < 1.29 is 27.4 Å². The Hall–Kier alpha value is -1.63. The quantitative estimate of drug-likeness (QED) is 0.803. The molecule has 0 saturated carbocycles. The van der Waals surface area contributed by atoms with Crippen LogP contribution in [0.25, 0.3) is 0 Å². The summed E-state index contributed by atoms with van der Waals surface area (Å²) in [5.41, 5.74) is 0. The van der Waals surface area contributed by atoms with E-state index in [0.717, 1.165) is 18.2 Å². The monoisotopic (exact) mass is 262 g/mol. The lowest BCUT2D eigenvalue weighted by molar-refractivity contribution is -0.136. The molecule has 94 valence electrons. The highest BCUT2D eigenvalue weighted by Crippen LogP contribution is 2.22. The van der Waals surface area contributed by atoms with Gasteiger partial charge in [-0.15, -0.1) is 0 Å². The summed E-state index contributed by atoms with van der Waals surface area (Å²) in [6, 6.07) is 3.08. The first kappa shape index (κ1) is 13.4. The number of aliphatic carboxylic acids is 1. The number of ether oxygens (including phenoxy) is 1. The Kier molecular flexibility index (Phi) is 4.06. The lowest BCUT2D eigenvalue weighted by Gasteiger charge is -2.06. The van der Waals surface area contributed by atoms with E-state index in [2.05, 4.69) is 4.74 Å². The number of hydrogen-bond acceptors (Lipinski definition) is 4. The number of hydrogen-bond donors (Lipinski definition) is 1. The van der Waals surface area contributed by atoms with Crippen molar-refractivity contribution >= 4 is 15.8 Å². The average Bonchev–Trinajstić information content (AvgIpc) is 2.27. The number of carboxylic acid groups (broad SMARTS) is 1. The number of methoxy groups -OCH3 is 1. The zero-order chi connectivity index (χ0) is 13.1. The smallest absolute Gasteiger partial charge is 0.304 e. The van der Waals surface area contributed by atoms with E-state index in [1.54, 1.807) is 0 Å². The molecule has 0 saturated heterocycles. The summed E-state index contributed by atoms with van der Waals surface area (Å²) in [5.74, 6) is -2.61. The summed E-state index contributed by atoms with van der Waals surface area (Å²) in [5, 5.41) is 8.42. The highest BCUT2D eigenvalue weighted by Gasteiger charge is 2.18. The number of halogens is 1. The second kappa shape index (κ2) is 5.13. The molecule has 0 unspecified atom stereocenters. The first-order chi connectivity index (χ1) is 7.86. The third kappa shape index (κ3) is 3.42. The number of benzene rings is 1. The molecule has 0 radical (unpaired) electrons. The van der Waals surface area contributed by atoms with Crippen molar-refractivity contribution in [1.82, 2.24) is 0 Å². The Morgan fingerprint density at radius 3 is 2.65 bits per heavy atom. The minimum atomic E-state index is -3.73. The second-order valence-corrected chi connectivity index (χ2v) is 5.37. The summed E-state index contributed by atoms with van der Waals surface area (Å²) in [6.45, 7) is 0. The van der Waals surface area contributed by atoms with E-state index >= 15 is 0 Å². The van der Waals surface area contributed by atoms with Crippen LogP contribution in [0.2, 0.25) is 0 Å². The maximum atomic E-state index is 13.1. The fraction of sp³-hybridized carbons (Fsp3) is 0.300. The van der Waals surface area contributed by atoms with Gasteiger partial charge in [0.05, 0.1) is 24.2 Å². The van der Waals surface area contributed by atoms with Gasteiger partial charge in [-0.2, -0.15) is 0 Å². The predicted molar refractivity (Wildman–Crippen MR) is 57.3 cm³/mol. The molecule has 5 nitrogen and oxygen atoms in total.